The number of thiazole rings is 1. The lowest BCUT2D eigenvalue weighted by Gasteiger charge is -2.05. The predicted octanol–water partition coefficient (Wildman–Crippen LogP) is -0.205. The van der Waals surface area contributed by atoms with E-state index >= 15 is 0 Å². The molecular formula is C11H12N4O5S. The Bertz CT molecular complexity index is 612. The van der Waals surface area contributed by atoms with Gasteiger partial charge in [-0.05, 0) is 0 Å². The van der Waals surface area contributed by atoms with Crippen LogP contribution in [0.2, 0.25) is 0 Å². The summed E-state index contributed by atoms with van der Waals surface area (Å²) in [6, 6.07) is 0. The number of carbonyl (C=O) groups is 3. The number of amides is 2. The molecule has 1 aromatic rings. The molecule has 21 heavy (non-hydrogen) atoms. The van der Waals surface area contributed by atoms with Crippen LogP contribution in [0.15, 0.2) is 10.5 Å². The van der Waals surface area contributed by atoms with Gasteiger partial charge in [0.2, 0.25) is 17.7 Å². The standard InChI is InChI=1S/C11H12N4O5S/c1-5(16)13-11-14-6(4-21-11)8(10(18)19)15-20-7-2-3-12-9(7)17/h4,7H,2-3H2,1H3,(H,12,17)(H,18,19)(H,13,14,16)/b15-8-. The number of aliphatic carboxylic acids is 1. The summed E-state index contributed by atoms with van der Waals surface area (Å²) >= 11 is 1.06. The van der Waals surface area contributed by atoms with Crippen LogP contribution in [0.1, 0.15) is 19.0 Å². The number of rotatable bonds is 5. The van der Waals surface area contributed by atoms with Crippen molar-refractivity contribution in [1.82, 2.24) is 10.3 Å². The summed E-state index contributed by atoms with van der Waals surface area (Å²) in [5.41, 5.74) is -0.378. The highest BCUT2D eigenvalue weighted by Crippen LogP contribution is 2.17. The molecule has 1 fully saturated rings. The number of nitrogens with zero attached hydrogens (tertiary/aromatic N) is 2. The van der Waals surface area contributed by atoms with Gasteiger partial charge in [-0.25, -0.2) is 9.78 Å². The molecule has 0 bridgehead atoms. The largest absolute Gasteiger partial charge is 0.476 e. The number of aromatic nitrogens is 1. The molecule has 2 heterocycles. The third-order valence-electron chi connectivity index (χ3n) is 2.50. The van der Waals surface area contributed by atoms with Gasteiger partial charge >= 0.3 is 5.97 Å². The number of hydrogen-bond acceptors (Lipinski definition) is 7. The number of anilines is 1. The molecule has 1 atom stereocenters. The van der Waals surface area contributed by atoms with Crippen LogP contribution in [0.5, 0.6) is 0 Å². The van der Waals surface area contributed by atoms with Gasteiger partial charge in [-0.3, -0.25) is 9.59 Å². The predicted molar refractivity (Wildman–Crippen MR) is 73.1 cm³/mol. The number of carboxylic acids is 1. The molecule has 3 N–H and O–H groups in total. The van der Waals surface area contributed by atoms with Gasteiger partial charge in [-0.1, -0.05) is 5.16 Å². The van der Waals surface area contributed by atoms with Crippen LogP contribution >= 0.6 is 11.3 Å². The third kappa shape index (κ3) is 3.75. The Morgan fingerprint density at radius 2 is 2.38 bits per heavy atom. The van der Waals surface area contributed by atoms with Gasteiger partial charge in [0.1, 0.15) is 5.69 Å². The monoisotopic (exact) mass is 312 g/mol. The molecular weight excluding hydrogens is 300 g/mol. The van der Waals surface area contributed by atoms with Crippen LogP contribution in [-0.2, 0) is 19.2 Å². The summed E-state index contributed by atoms with van der Waals surface area (Å²) < 4.78 is 0. The molecule has 0 aliphatic carbocycles. The molecule has 112 valence electrons. The van der Waals surface area contributed by atoms with Crippen LogP contribution < -0.4 is 10.6 Å². The van der Waals surface area contributed by atoms with Gasteiger partial charge in [-0.15, -0.1) is 11.3 Å². The van der Waals surface area contributed by atoms with Crippen LogP contribution in [-0.4, -0.2) is 46.2 Å². The molecule has 1 saturated heterocycles. The Kier molecular flexibility index (Phi) is 4.48. The van der Waals surface area contributed by atoms with E-state index < -0.39 is 17.8 Å². The summed E-state index contributed by atoms with van der Waals surface area (Å²) in [5.74, 6) is -1.99. The highest BCUT2D eigenvalue weighted by atomic mass is 32.1. The fraction of sp³-hybridized carbons (Fsp3) is 0.364. The first-order chi connectivity index (χ1) is 9.97. The second kappa shape index (κ2) is 6.31. The van der Waals surface area contributed by atoms with E-state index in [0.29, 0.717) is 13.0 Å². The Hall–Kier alpha value is -2.49. The zero-order valence-electron chi connectivity index (χ0n) is 11.0. The summed E-state index contributed by atoms with van der Waals surface area (Å²) in [6.45, 7) is 1.78. The maximum atomic E-state index is 11.3. The SMILES string of the molecule is CC(=O)Nc1nc(/C(=N/OC2CCNC2=O)C(=O)O)cs1. The van der Waals surface area contributed by atoms with Gasteiger partial charge < -0.3 is 20.6 Å². The van der Waals surface area contributed by atoms with Crippen molar-refractivity contribution in [3.63, 3.8) is 0 Å². The average Bonchev–Trinajstić information content (AvgIpc) is 2.99. The lowest BCUT2D eigenvalue weighted by Crippen LogP contribution is -2.25. The van der Waals surface area contributed by atoms with Crippen molar-refractivity contribution in [3.8, 4) is 0 Å². The molecule has 9 nitrogen and oxygen atoms in total. The molecule has 0 saturated carbocycles. The van der Waals surface area contributed by atoms with E-state index in [9.17, 15) is 14.4 Å². The topological polar surface area (TPSA) is 130 Å². The van der Waals surface area contributed by atoms with Crippen LogP contribution in [0.3, 0.4) is 0 Å². The van der Waals surface area contributed by atoms with E-state index in [-0.39, 0.29) is 22.6 Å². The fourth-order valence-corrected chi connectivity index (χ4v) is 2.32. The molecule has 1 aliphatic heterocycles. The highest BCUT2D eigenvalue weighted by Gasteiger charge is 2.27. The number of carboxylic acid groups (broad SMARTS) is 1. The lowest BCUT2D eigenvalue weighted by atomic mass is 10.3. The molecule has 2 rings (SSSR count). The van der Waals surface area contributed by atoms with E-state index in [2.05, 4.69) is 20.8 Å². The minimum Gasteiger partial charge on any atom is -0.476 e. The summed E-state index contributed by atoms with van der Waals surface area (Å²) in [7, 11) is 0. The van der Waals surface area contributed by atoms with Crippen LogP contribution in [0, 0.1) is 0 Å². The van der Waals surface area contributed by atoms with Gasteiger partial charge in [0.25, 0.3) is 5.91 Å². The molecule has 0 aromatic carbocycles. The zero-order chi connectivity index (χ0) is 15.4. The van der Waals surface area contributed by atoms with E-state index in [1.54, 1.807) is 0 Å². The normalized spacial score (nSPS) is 18.2. The Labute approximate surface area is 123 Å². The van der Waals surface area contributed by atoms with Crippen molar-refractivity contribution in [2.45, 2.75) is 19.4 Å². The van der Waals surface area contributed by atoms with E-state index in [1.807, 2.05) is 0 Å². The van der Waals surface area contributed by atoms with Crippen LogP contribution in [0.4, 0.5) is 5.13 Å². The van der Waals surface area contributed by atoms with E-state index in [4.69, 9.17) is 9.94 Å². The summed E-state index contributed by atoms with van der Waals surface area (Å²) in [5, 5.41) is 19.3. The van der Waals surface area contributed by atoms with Gasteiger partial charge in [0.15, 0.2) is 5.13 Å². The first-order valence-electron chi connectivity index (χ1n) is 5.95. The fourth-order valence-electron chi connectivity index (χ4n) is 1.57. The minimum atomic E-state index is -1.34. The van der Waals surface area contributed by atoms with E-state index in [0.717, 1.165) is 11.3 Å². The Balaban J connectivity index is 2.14. The minimum absolute atomic E-state index is 0.0506. The van der Waals surface area contributed by atoms with Gasteiger partial charge in [0, 0.05) is 25.3 Å². The summed E-state index contributed by atoms with van der Waals surface area (Å²) in [4.78, 5) is 42.3. The molecule has 1 aliphatic rings. The van der Waals surface area contributed by atoms with Crippen molar-refractivity contribution in [2.75, 3.05) is 11.9 Å². The van der Waals surface area contributed by atoms with Crippen LogP contribution in [0.25, 0.3) is 0 Å². The molecule has 10 heteroatoms. The molecule has 1 unspecified atom stereocenters. The van der Waals surface area contributed by atoms with Crippen molar-refractivity contribution < 1.29 is 24.3 Å². The second-order valence-corrected chi connectivity index (χ2v) is 5.00. The Morgan fingerprint density at radius 1 is 1.62 bits per heavy atom. The first-order valence-corrected chi connectivity index (χ1v) is 6.83. The van der Waals surface area contributed by atoms with Gasteiger partial charge in [0.05, 0.1) is 0 Å². The first kappa shape index (κ1) is 14.9. The molecule has 2 amide bonds. The number of nitrogens with one attached hydrogen (secondary N) is 2. The smallest absolute Gasteiger partial charge is 0.360 e. The number of hydrogen-bond donors (Lipinski definition) is 3. The average molecular weight is 312 g/mol. The van der Waals surface area contributed by atoms with E-state index in [1.165, 1.54) is 12.3 Å². The number of oxime groups is 1. The number of carbonyl (C=O) groups excluding carboxylic acids is 2. The van der Waals surface area contributed by atoms with Gasteiger partial charge in [-0.2, -0.15) is 0 Å². The Morgan fingerprint density at radius 3 is 2.95 bits per heavy atom. The van der Waals surface area contributed by atoms with Crippen molar-refractivity contribution >= 4 is 40.0 Å². The van der Waals surface area contributed by atoms with Crippen molar-refractivity contribution in [3.05, 3.63) is 11.1 Å². The third-order valence-corrected chi connectivity index (χ3v) is 3.26. The second-order valence-electron chi connectivity index (χ2n) is 4.14. The molecule has 0 spiro atoms. The van der Waals surface area contributed by atoms with Crippen molar-refractivity contribution in [2.24, 2.45) is 5.16 Å². The zero-order valence-corrected chi connectivity index (χ0v) is 11.8. The maximum absolute atomic E-state index is 11.3. The quantitative estimate of drug-likeness (QED) is 0.509. The highest BCUT2D eigenvalue weighted by molar-refractivity contribution is 7.14. The maximum Gasteiger partial charge on any atom is 0.360 e. The molecule has 0 radical (unpaired) electrons. The molecule has 1 aromatic heterocycles. The van der Waals surface area contributed by atoms with Crippen molar-refractivity contribution in [1.29, 1.82) is 0 Å². The lowest BCUT2D eigenvalue weighted by molar-refractivity contribution is -0.131. The summed E-state index contributed by atoms with van der Waals surface area (Å²) in [6.07, 6.45) is -0.378.